The number of fused-ring (bicyclic) bond motifs is 1. The van der Waals surface area contributed by atoms with Crippen molar-refractivity contribution in [3.05, 3.63) is 47.3 Å². The maximum absolute atomic E-state index is 13.5. The molecule has 0 radical (unpaired) electrons. The van der Waals surface area contributed by atoms with Crippen molar-refractivity contribution in [3.63, 3.8) is 0 Å². The van der Waals surface area contributed by atoms with Crippen LogP contribution in [0.25, 0.3) is 5.69 Å². The second kappa shape index (κ2) is 7.74. The first-order valence-corrected chi connectivity index (χ1v) is 8.49. The SMILES string of the molecule is CCCOCC(=O)N[C@H]1CCCc2c1cnn2-c1cc(F)cc(F)c1. The number of carbonyl (C=O) groups excluding carboxylic acids is 1. The van der Waals surface area contributed by atoms with E-state index >= 15 is 0 Å². The molecule has 0 bridgehead atoms. The summed E-state index contributed by atoms with van der Waals surface area (Å²) < 4.78 is 33.8. The Labute approximate surface area is 145 Å². The van der Waals surface area contributed by atoms with Gasteiger partial charge in [-0.05, 0) is 37.8 Å². The summed E-state index contributed by atoms with van der Waals surface area (Å²) in [6.07, 6.45) is 4.92. The summed E-state index contributed by atoms with van der Waals surface area (Å²) in [4.78, 5) is 12.0. The summed E-state index contributed by atoms with van der Waals surface area (Å²) in [6, 6.07) is 3.17. The molecule has 1 aromatic carbocycles. The Bertz CT molecular complexity index is 741. The summed E-state index contributed by atoms with van der Waals surface area (Å²) in [5.74, 6) is -1.46. The number of ether oxygens (including phenoxy) is 1. The van der Waals surface area contributed by atoms with E-state index in [1.165, 1.54) is 12.1 Å². The quantitative estimate of drug-likeness (QED) is 0.816. The topological polar surface area (TPSA) is 56.1 Å². The fourth-order valence-electron chi connectivity index (χ4n) is 3.14. The van der Waals surface area contributed by atoms with Crippen molar-refractivity contribution in [2.24, 2.45) is 0 Å². The van der Waals surface area contributed by atoms with Gasteiger partial charge < -0.3 is 10.1 Å². The lowest BCUT2D eigenvalue weighted by Gasteiger charge is -2.24. The molecule has 134 valence electrons. The number of benzene rings is 1. The molecule has 0 saturated carbocycles. The van der Waals surface area contributed by atoms with Crippen molar-refractivity contribution in [1.82, 2.24) is 15.1 Å². The third-order valence-electron chi connectivity index (χ3n) is 4.19. The van der Waals surface area contributed by atoms with E-state index in [1.807, 2.05) is 6.92 Å². The van der Waals surface area contributed by atoms with Crippen LogP contribution in [0.3, 0.4) is 0 Å². The van der Waals surface area contributed by atoms with Crippen molar-refractivity contribution in [1.29, 1.82) is 0 Å². The van der Waals surface area contributed by atoms with Gasteiger partial charge in [-0.15, -0.1) is 0 Å². The van der Waals surface area contributed by atoms with E-state index in [0.29, 0.717) is 12.3 Å². The molecule has 1 amide bonds. The number of rotatable bonds is 6. The molecule has 1 N–H and O–H groups in total. The van der Waals surface area contributed by atoms with E-state index in [2.05, 4.69) is 10.4 Å². The van der Waals surface area contributed by atoms with Crippen molar-refractivity contribution in [2.45, 2.75) is 38.6 Å². The summed E-state index contributed by atoms with van der Waals surface area (Å²) in [5.41, 5.74) is 2.10. The lowest BCUT2D eigenvalue weighted by molar-refractivity contribution is -0.126. The van der Waals surface area contributed by atoms with Crippen LogP contribution in [-0.4, -0.2) is 28.9 Å². The van der Waals surface area contributed by atoms with Gasteiger partial charge in [-0.1, -0.05) is 6.92 Å². The van der Waals surface area contributed by atoms with Crippen molar-refractivity contribution in [2.75, 3.05) is 13.2 Å². The van der Waals surface area contributed by atoms with E-state index in [9.17, 15) is 13.6 Å². The Hall–Kier alpha value is -2.28. The standard InChI is InChI=1S/C18H21F2N3O2/c1-2-6-25-11-18(24)22-16-4-3-5-17-15(16)10-21-23(17)14-8-12(19)7-13(20)9-14/h7-10,16H,2-6,11H2,1H3,(H,22,24)/t16-/m0/s1. The third-order valence-corrected chi connectivity index (χ3v) is 4.19. The Balaban J connectivity index is 1.79. The highest BCUT2D eigenvalue weighted by Gasteiger charge is 2.26. The molecule has 0 fully saturated rings. The fraction of sp³-hybridized carbons (Fsp3) is 0.444. The average Bonchev–Trinajstić information content (AvgIpc) is 2.99. The zero-order chi connectivity index (χ0) is 17.8. The van der Waals surface area contributed by atoms with E-state index in [-0.39, 0.29) is 18.6 Å². The number of nitrogens with zero attached hydrogens (tertiary/aromatic N) is 2. The lowest BCUT2D eigenvalue weighted by Crippen LogP contribution is -2.33. The van der Waals surface area contributed by atoms with Gasteiger partial charge in [-0.2, -0.15) is 5.10 Å². The number of amides is 1. The normalized spacial score (nSPS) is 16.5. The maximum atomic E-state index is 13.5. The van der Waals surface area contributed by atoms with Crippen LogP contribution < -0.4 is 5.32 Å². The minimum Gasteiger partial charge on any atom is -0.372 e. The van der Waals surface area contributed by atoms with Gasteiger partial charge in [0.15, 0.2) is 0 Å². The van der Waals surface area contributed by atoms with Crippen LogP contribution in [0.4, 0.5) is 8.78 Å². The molecule has 0 aliphatic heterocycles. The Kier molecular flexibility index (Phi) is 5.43. The first kappa shape index (κ1) is 17.5. The number of aromatic nitrogens is 2. The fourth-order valence-corrected chi connectivity index (χ4v) is 3.14. The highest BCUT2D eigenvalue weighted by molar-refractivity contribution is 5.77. The minimum absolute atomic E-state index is 0.0307. The van der Waals surface area contributed by atoms with Crippen molar-refractivity contribution >= 4 is 5.91 Å². The molecule has 2 aromatic rings. The predicted molar refractivity (Wildman–Crippen MR) is 88.4 cm³/mol. The molecule has 0 spiro atoms. The van der Waals surface area contributed by atoms with Crippen LogP contribution >= 0.6 is 0 Å². The Morgan fingerprint density at radius 2 is 2.12 bits per heavy atom. The third kappa shape index (κ3) is 4.04. The number of halogens is 2. The van der Waals surface area contributed by atoms with Gasteiger partial charge in [-0.3, -0.25) is 4.79 Å². The highest BCUT2D eigenvalue weighted by Crippen LogP contribution is 2.31. The van der Waals surface area contributed by atoms with Gasteiger partial charge in [0.1, 0.15) is 18.2 Å². The zero-order valence-electron chi connectivity index (χ0n) is 14.1. The van der Waals surface area contributed by atoms with Crippen LogP contribution in [0.2, 0.25) is 0 Å². The molecule has 25 heavy (non-hydrogen) atoms. The maximum Gasteiger partial charge on any atom is 0.246 e. The van der Waals surface area contributed by atoms with Crippen LogP contribution in [0.5, 0.6) is 0 Å². The Morgan fingerprint density at radius 3 is 2.84 bits per heavy atom. The van der Waals surface area contributed by atoms with Gasteiger partial charge >= 0.3 is 0 Å². The summed E-state index contributed by atoms with van der Waals surface area (Å²) in [5, 5.41) is 7.24. The smallest absolute Gasteiger partial charge is 0.246 e. The highest BCUT2D eigenvalue weighted by atomic mass is 19.1. The van der Waals surface area contributed by atoms with Crippen LogP contribution in [0, 0.1) is 11.6 Å². The molecular formula is C18H21F2N3O2. The van der Waals surface area contributed by atoms with Gasteiger partial charge in [0.25, 0.3) is 0 Å². The second-order valence-corrected chi connectivity index (χ2v) is 6.15. The molecule has 1 aliphatic rings. The van der Waals surface area contributed by atoms with E-state index in [1.54, 1.807) is 10.9 Å². The molecule has 0 unspecified atom stereocenters. The Morgan fingerprint density at radius 1 is 1.36 bits per heavy atom. The summed E-state index contributed by atoms with van der Waals surface area (Å²) in [7, 11) is 0. The second-order valence-electron chi connectivity index (χ2n) is 6.15. The number of nitrogens with one attached hydrogen (secondary N) is 1. The molecule has 5 nitrogen and oxygen atoms in total. The van der Waals surface area contributed by atoms with Gasteiger partial charge in [-0.25, -0.2) is 13.5 Å². The van der Waals surface area contributed by atoms with Crippen LogP contribution in [0.15, 0.2) is 24.4 Å². The first-order valence-electron chi connectivity index (χ1n) is 8.49. The molecule has 0 saturated heterocycles. The molecular weight excluding hydrogens is 328 g/mol. The zero-order valence-corrected chi connectivity index (χ0v) is 14.1. The van der Waals surface area contributed by atoms with Gasteiger partial charge in [0.2, 0.25) is 5.91 Å². The van der Waals surface area contributed by atoms with Crippen LogP contribution in [-0.2, 0) is 16.0 Å². The molecule has 1 aliphatic carbocycles. The molecule has 3 rings (SSSR count). The number of hydrogen-bond donors (Lipinski definition) is 1. The van der Waals surface area contributed by atoms with Crippen molar-refractivity contribution < 1.29 is 18.3 Å². The molecule has 1 aromatic heterocycles. The molecule has 7 heteroatoms. The summed E-state index contributed by atoms with van der Waals surface area (Å²) in [6.45, 7) is 2.56. The molecule has 1 heterocycles. The van der Waals surface area contributed by atoms with E-state index in [4.69, 9.17) is 4.74 Å². The number of hydrogen-bond acceptors (Lipinski definition) is 3. The van der Waals surface area contributed by atoms with E-state index < -0.39 is 11.6 Å². The van der Waals surface area contributed by atoms with Crippen LogP contribution in [0.1, 0.15) is 43.5 Å². The first-order chi connectivity index (χ1) is 12.1. The largest absolute Gasteiger partial charge is 0.372 e. The monoisotopic (exact) mass is 349 g/mol. The average molecular weight is 349 g/mol. The minimum atomic E-state index is -0.645. The van der Waals surface area contributed by atoms with E-state index in [0.717, 1.165) is 43.0 Å². The van der Waals surface area contributed by atoms with Gasteiger partial charge in [0, 0.05) is 23.9 Å². The lowest BCUT2D eigenvalue weighted by atomic mass is 9.93. The van der Waals surface area contributed by atoms with Gasteiger partial charge in [0.05, 0.1) is 17.9 Å². The predicted octanol–water partition coefficient (Wildman–Crippen LogP) is 3.07. The van der Waals surface area contributed by atoms with Crippen molar-refractivity contribution in [3.8, 4) is 5.69 Å². The molecule has 1 atom stereocenters. The number of carbonyl (C=O) groups is 1. The summed E-state index contributed by atoms with van der Waals surface area (Å²) >= 11 is 0.